The number of carbonyl (C=O) groups excluding carboxylic acids is 2. The van der Waals surface area contributed by atoms with E-state index in [1.807, 2.05) is 51.1 Å². The van der Waals surface area contributed by atoms with Crippen LogP contribution >= 0.6 is 12.6 Å². The first-order valence-corrected chi connectivity index (χ1v) is 9.81. The summed E-state index contributed by atoms with van der Waals surface area (Å²) in [5.74, 6) is -1.75. The van der Waals surface area contributed by atoms with Crippen molar-refractivity contribution in [3.8, 4) is 0 Å². The minimum Gasteiger partial charge on any atom is -0.480 e. The Morgan fingerprint density at radius 2 is 1.63 bits per heavy atom. The molecule has 0 aliphatic carbocycles. The standard InChI is InChI=1S/C20H30N2O4S/c1-4-8-17(27)19(24)21-15(11-13(2)3)18(23)22-16(20(25)26)12-14-9-6-5-7-10-14/h5-7,9-10,13,15-17,27H,4,8,11-12H2,1-3H3,(H,21,24)(H,22,23)(H,25,26). The Kier molecular flexibility index (Phi) is 9.93. The van der Waals surface area contributed by atoms with Gasteiger partial charge in [0.25, 0.3) is 0 Å². The molecule has 150 valence electrons. The number of nitrogens with one attached hydrogen (secondary N) is 2. The van der Waals surface area contributed by atoms with Crippen molar-refractivity contribution in [2.24, 2.45) is 5.92 Å². The Morgan fingerprint density at radius 3 is 2.15 bits per heavy atom. The normalized spacial score (nSPS) is 14.3. The van der Waals surface area contributed by atoms with Crippen LogP contribution in [0.2, 0.25) is 0 Å². The van der Waals surface area contributed by atoms with Gasteiger partial charge in [0.2, 0.25) is 11.8 Å². The molecule has 0 aliphatic heterocycles. The van der Waals surface area contributed by atoms with Gasteiger partial charge in [0.05, 0.1) is 5.25 Å². The Labute approximate surface area is 166 Å². The zero-order chi connectivity index (χ0) is 20.4. The average molecular weight is 395 g/mol. The monoisotopic (exact) mass is 394 g/mol. The van der Waals surface area contributed by atoms with Gasteiger partial charge in [-0.25, -0.2) is 4.79 Å². The van der Waals surface area contributed by atoms with Gasteiger partial charge in [0, 0.05) is 6.42 Å². The molecule has 0 bridgehead atoms. The van der Waals surface area contributed by atoms with Crippen molar-refractivity contribution in [1.82, 2.24) is 10.6 Å². The van der Waals surface area contributed by atoms with E-state index in [-0.39, 0.29) is 18.2 Å². The fraction of sp³-hybridized carbons (Fsp3) is 0.550. The number of benzene rings is 1. The van der Waals surface area contributed by atoms with Crippen LogP contribution in [-0.2, 0) is 20.8 Å². The van der Waals surface area contributed by atoms with Crippen molar-refractivity contribution < 1.29 is 19.5 Å². The summed E-state index contributed by atoms with van der Waals surface area (Å²) < 4.78 is 0. The maximum atomic E-state index is 12.7. The third-order valence-corrected chi connectivity index (χ3v) is 4.59. The summed E-state index contributed by atoms with van der Waals surface area (Å²) in [6.45, 7) is 5.83. The Balaban J connectivity index is 2.82. The molecule has 7 heteroatoms. The van der Waals surface area contributed by atoms with Crippen LogP contribution in [0.25, 0.3) is 0 Å². The second-order valence-electron chi connectivity index (χ2n) is 7.08. The van der Waals surface area contributed by atoms with E-state index in [0.29, 0.717) is 12.8 Å². The largest absolute Gasteiger partial charge is 0.480 e. The molecule has 2 amide bonds. The van der Waals surface area contributed by atoms with Crippen molar-refractivity contribution in [2.45, 2.75) is 63.8 Å². The quantitative estimate of drug-likeness (QED) is 0.434. The molecular formula is C20H30N2O4S. The number of rotatable bonds is 11. The first kappa shape index (κ1) is 23.0. The number of carboxylic acid groups (broad SMARTS) is 1. The number of carbonyl (C=O) groups is 3. The van der Waals surface area contributed by atoms with Gasteiger partial charge in [0.15, 0.2) is 0 Å². The van der Waals surface area contributed by atoms with Gasteiger partial charge in [0.1, 0.15) is 12.1 Å². The molecule has 0 radical (unpaired) electrons. The number of thiol groups is 1. The second kappa shape index (κ2) is 11.6. The van der Waals surface area contributed by atoms with Crippen molar-refractivity contribution in [3.05, 3.63) is 35.9 Å². The molecule has 27 heavy (non-hydrogen) atoms. The molecule has 0 fully saturated rings. The van der Waals surface area contributed by atoms with E-state index >= 15 is 0 Å². The summed E-state index contributed by atoms with van der Waals surface area (Å²) in [7, 11) is 0. The number of hydrogen-bond donors (Lipinski definition) is 4. The minimum absolute atomic E-state index is 0.156. The second-order valence-corrected chi connectivity index (χ2v) is 7.71. The molecule has 1 aromatic rings. The van der Waals surface area contributed by atoms with Crippen molar-refractivity contribution in [1.29, 1.82) is 0 Å². The zero-order valence-corrected chi connectivity index (χ0v) is 17.0. The molecule has 0 aromatic heterocycles. The smallest absolute Gasteiger partial charge is 0.326 e. The Bertz CT molecular complexity index is 622. The maximum absolute atomic E-state index is 12.7. The van der Waals surface area contributed by atoms with E-state index in [1.165, 1.54) is 0 Å². The highest BCUT2D eigenvalue weighted by Gasteiger charge is 2.28. The number of amides is 2. The fourth-order valence-electron chi connectivity index (χ4n) is 2.70. The summed E-state index contributed by atoms with van der Waals surface area (Å²) >= 11 is 4.27. The Hall–Kier alpha value is -2.02. The highest BCUT2D eigenvalue weighted by molar-refractivity contribution is 7.81. The predicted octanol–water partition coefficient (Wildman–Crippen LogP) is 2.43. The highest BCUT2D eigenvalue weighted by atomic mass is 32.1. The topological polar surface area (TPSA) is 95.5 Å². The summed E-state index contributed by atoms with van der Waals surface area (Å²) in [5, 5.41) is 14.3. The lowest BCUT2D eigenvalue weighted by Crippen LogP contribution is -2.53. The molecule has 3 unspecified atom stereocenters. The lowest BCUT2D eigenvalue weighted by atomic mass is 10.0. The molecule has 0 heterocycles. The van der Waals surface area contributed by atoms with E-state index < -0.39 is 29.2 Å². The SMILES string of the molecule is CCCC(S)C(=O)NC(CC(C)C)C(=O)NC(Cc1ccccc1)C(=O)O. The molecule has 3 N–H and O–H groups in total. The first-order chi connectivity index (χ1) is 12.7. The van der Waals surface area contributed by atoms with Crippen LogP contribution in [0.4, 0.5) is 0 Å². The van der Waals surface area contributed by atoms with E-state index in [1.54, 1.807) is 0 Å². The molecule has 1 rings (SSSR count). The van der Waals surface area contributed by atoms with Crippen LogP contribution in [0.1, 0.15) is 45.6 Å². The van der Waals surface area contributed by atoms with Gasteiger partial charge in [-0.1, -0.05) is 57.5 Å². The van der Waals surface area contributed by atoms with Crippen LogP contribution < -0.4 is 10.6 Å². The van der Waals surface area contributed by atoms with E-state index in [4.69, 9.17) is 0 Å². The highest BCUT2D eigenvalue weighted by Crippen LogP contribution is 2.10. The van der Waals surface area contributed by atoms with Crippen LogP contribution in [0.3, 0.4) is 0 Å². The number of hydrogen-bond acceptors (Lipinski definition) is 4. The molecule has 0 aliphatic rings. The third-order valence-electron chi connectivity index (χ3n) is 4.10. The average Bonchev–Trinajstić information content (AvgIpc) is 2.61. The first-order valence-electron chi connectivity index (χ1n) is 9.30. The minimum atomic E-state index is -1.11. The van der Waals surface area contributed by atoms with Crippen molar-refractivity contribution in [3.63, 3.8) is 0 Å². The van der Waals surface area contributed by atoms with Gasteiger partial charge in [-0.2, -0.15) is 12.6 Å². The van der Waals surface area contributed by atoms with Crippen molar-refractivity contribution in [2.75, 3.05) is 0 Å². The van der Waals surface area contributed by atoms with Gasteiger partial charge in [-0.3, -0.25) is 9.59 Å². The molecular weight excluding hydrogens is 364 g/mol. The fourth-order valence-corrected chi connectivity index (χ4v) is 3.03. The van der Waals surface area contributed by atoms with Gasteiger partial charge >= 0.3 is 5.97 Å². The lowest BCUT2D eigenvalue weighted by Gasteiger charge is -2.24. The van der Waals surface area contributed by atoms with Crippen LogP contribution in [0.5, 0.6) is 0 Å². The van der Waals surface area contributed by atoms with Crippen molar-refractivity contribution >= 4 is 30.4 Å². The lowest BCUT2D eigenvalue weighted by molar-refractivity contribution is -0.142. The summed E-state index contributed by atoms with van der Waals surface area (Å²) in [6, 6.07) is 7.25. The van der Waals surface area contributed by atoms with Crippen LogP contribution in [-0.4, -0.2) is 40.2 Å². The molecule has 0 saturated heterocycles. The van der Waals surface area contributed by atoms with E-state index in [9.17, 15) is 19.5 Å². The Morgan fingerprint density at radius 1 is 1.04 bits per heavy atom. The van der Waals surface area contributed by atoms with E-state index in [0.717, 1.165) is 12.0 Å². The van der Waals surface area contributed by atoms with Gasteiger partial charge in [-0.05, 0) is 24.3 Å². The third kappa shape index (κ3) is 8.47. The summed E-state index contributed by atoms with van der Waals surface area (Å²) in [6.07, 6.45) is 2.01. The molecule has 6 nitrogen and oxygen atoms in total. The van der Waals surface area contributed by atoms with Crippen LogP contribution in [0, 0.1) is 5.92 Å². The molecule has 0 spiro atoms. The maximum Gasteiger partial charge on any atom is 0.326 e. The van der Waals surface area contributed by atoms with Crippen LogP contribution in [0.15, 0.2) is 30.3 Å². The van der Waals surface area contributed by atoms with Gasteiger partial charge in [-0.15, -0.1) is 0 Å². The molecule has 3 atom stereocenters. The van der Waals surface area contributed by atoms with Gasteiger partial charge < -0.3 is 15.7 Å². The zero-order valence-electron chi connectivity index (χ0n) is 16.1. The predicted molar refractivity (Wildman–Crippen MR) is 109 cm³/mol. The molecule has 0 saturated carbocycles. The number of carboxylic acids is 1. The summed E-state index contributed by atoms with van der Waals surface area (Å²) in [5.41, 5.74) is 0.813. The number of aliphatic carboxylic acids is 1. The summed E-state index contributed by atoms with van der Waals surface area (Å²) in [4.78, 5) is 36.5. The molecule has 1 aromatic carbocycles. The van der Waals surface area contributed by atoms with E-state index in [2.05, 4.69) is 23.3 Å².